The topological polar surface area (TPSA) is 21.3 Å². The molecule has 0 bridgehead atoms. The Labute approximate surface area is 81.4 Å². The lowest BCUT2D eigenvalue weighted by Crippen LogP contribution is -2.30. The van der Waals surface area contributed by atoms with Crippen LogP contribution < -0.4 is 5.32 Å². The van der Waals surface area contributed by atoms with Crippen LogP contribution >= 0.6 is 0 Å². The van der Waals surface area contributed by atoms with E-state index in [4.69, 9.17) is 4.74 Å². The van der Waals surface area contributed by atoms with E-state index < -0.39 is 0 Å². The van der Waals surface area contributed by atoms with Crippen molar-refractivity contribution in [1.29, 1.82) is 0 Å². The van der Waals surface area contributed by atoms with Crippen LogP contribution in [0.25, 0.3) is 0 Å². The van der Waals surface area contributed by atoms with Crippen LogP contribution in [0, 0.1) is 5.92 Å². The van der Waals surface area contributed by atoms with Gasteiger partial charge in [0, 0.05) is 6.61 Å². The quantitative estimate of drug-likeness (QED) is 0.658. The van der Waals surface area contributed by atoms with Crippen LogP contribution in [-0.4, -0.2) is 26.3 Å². The second-order valence-corrected chi connectivity index (χ2v) is 3.81. The molecule has 13 heavy (non-hydrogen) atoms. The molecule has 2 heteroatoms. The number of nitrogens with one attached hydrogen (secondary N) is 1. The molecule has 2 nitrogen and oxygen atoms in total. The van der Waals surface area contributed by atoms with Gasteiger partial charge in [0.2, 0.25) is 0 Å². The molecule has 1 N–H and O–H groups in total. The molecule has 0 radical (unpaired) electrons. The summed E-state index contributed by atoms with van der Waals surface area (Å²) in [5, 5.41) is 3.35. The van der Waals surface area contributed by atoms with Crippen LogP contribution in [0.5, 0.6) is 0 Å². The third kappa shape index (κ3) is 4.44. The largest absolute Gasteiger partial charge is 0.377 e. The fourth-order valence-electron chi connectivity index (χ4n) is 1.52. The fourth-order valence-corrected chi connectivity index (χ4v) is 1.52. The molecule has 0 aromatic rings. The Morgan fingerprint density at radius 3 is 2.77 bits per heavy atom. The van der Waals surface area contributed by atoms with E-state index in [1.165, 1.54) is 18.4 Å². The van der Waals surface area contributed by atoms with Gasteiger partial charge in [-0.25, -0.2) is 0 Å². The SMILES string of the molecule is C=C(CC)COCC1CCNCC1. The first kappa shape index (κ1) is 10.7. The zero-order chi connectivity index (χ0) is 9.52. The maximum Gasteiger partial charge on any atom is 0.0674 e. The van der Waals surface area contributed by atoms with E-state index >= 15 is 0 Å². The van der Waals surface area contributed by atoms with Gasteiger partial charge in [-0.1, -0.05) is 19.1 Å². The van der Waals surface area contributed by atoms with Crippen molar-refractivity contribution in [2.24, 2.45) is 5.92 Å². The van der Waals surface area contributed by atoms with Crippen molar-refractivity contribution < 1.29 is 4.74 Å². The summed E-state index contributed by atoms with van der Waals surface area (Å²) in [6.45, 7) is 10.0. The second kappa shape index (κ2) is 6.17. The second-order valence-electron chi connectivity index (χ2n) is 3.81. The Bertz CT molecular complexity index is 150. The van der Waals surface area contributed by atoms with E-state index in [1.807, 2.05) is 0 Å². The lowest BCUT2D eigenvalue weighted by Gasteiger charge is -2.22. The summed E-state index contributed by atoms with van der Waals surface area (Å²) in [7, 11) is 0. The average Bonchev–Trinajstić information content (AvgIpc) is 2.19. The molecule has 76 valence electrons. The van der Waals surface area contributed by atoms with Gasteiger partial charge in [0.1, 0.15) is 0 Å². The molecule has 1 aliphatic heterocycles. The molecule has 1 fully saturated rings. The molecule has 0 atom stereocenters. The summed E-state index contributed by atoms with van der Waals surface area (Å²) in [6, 6.07) is 0. The number of ether oxygens (including phenoxy) is 1. The van der Waals surface area contributed by atoms with Crippen molar-refractivity contribution in [3.8, 4) is 0 Å². The normalized spacial score (nSPS) is 18.8. The third-order valence-corrected chi connectivity index (χ3v) is 2.62. The summed E-state index contributed by atoms with van der Waals surface area (Å²) in [6.07, 6.45) is 3.56. The first-order valence-corrected chi connectivity index (χ1v) is 5.28. The van der Waals surface area contributed by atoms with E-state index in [2.05, 4.69) is 18.8 Å². The molecule has 0 aromatic carbocycles. The third-order valence-electron chi connectivity index (χ3n) is 2.62. The average molecular weight is 183 g/mol. The smallest absolute Gasteiger partial charge is 0.0674 e. The summed E-state index contributed by atoms with van der Waals surface area (Å²) in [5.74, 6) is 0.769. The molecule has 0 saturated carbocycles. The monoisotopic (exact) mass is 183 g/mol. The number of piperidine rings is 1. The minimum absolute atomic E-state index is 0.750. The standard InChI is InChI=1S/C11H21NO/c1-3-10(2)8-13-9-11-4-6-12-7-5-11/h11-12H,2-9H2,1H3. The molecule has 0 unspecified atom stereocenters. The van der Waals surface area contributed by atoms with Crippen LogP contribution in [0.3, 0.4) is 0 Å². The van der Waals surface area contributed by atoms with Gasteiger partial charge in [0.05, 0.1) is 6.61 Å². The highest BCUT2D eigenvalue weighted by molar-refractivity contribution is 4.92. The Hall–Kier alpha value is -0.340. The van der Waals surface area contributed by atoms with Gasteiger partial charge in [-0.2, -0.15) is 0 Å². The molecule has 0 aliphatic carbocycles. The van der Waals surface area contributed by atoms with Gasteiger partial charge in [0.15, 0.2) is 0 Å². The van der Waals surface area contributed by atoms with Crippen molar-refractivity contribution in [3.63, 3.8) is 0 Å². The molecule has 1 rings (SSSR count). The van der Waals surface area contributed by atoms with Crippen LogP contribution in [0.2, 0.25) is 0 Å². The lowest BCUT2D eigenvalue weighted by molar-refractivity contribution is 0.103. The van der Waals surface area contributed by atoms with Crippen LogP contribution in [0.15, 0.2) is 12.2 Å². The van der Waals surface area contributed by atoms with Crippen LogP contribution in [0.1, 0.15) is 26.2 Å². The van der Waals surface area contributed by atoms with Gasteiger partial charge in [-0.05, 0) is 38.3 Å². The molecule has 0 amide bonds. The number of hydrogen-bond donors (Lipinski definition) is 1. The summed E-state index contributed by atoms with van der Waals surface area (Å²) >= 11 is 0. The fraction of sp³-hybridized carbons (Fsp3) is 0.818. The van der Waals surface area contributed by atoms with Gasteiger partial charge in [-0.3, -0.25) is 0 Å². The molecular weight excluding hydrogens is 162 g/mol. The van der Waals surface area contributed by atoms with E-state index in [9.17, 15) is 0 Å². The van der Waals surface area contributed by atoms with Crippen molar-refractivity contribution in [3.05, 3.63) is 12.2 Å². The summed E-state index contributed by atoms with van der Waals surface area (Å²) < 4.78 is 5.60. The number of hydrogen-bond acceptors (Lipinski definition) is 2. The van der Waals surface area contributed by atoms with E-state index in [-0.39, 0.29) is 0 Å². The van der Waals surface area contributed by atoms with Gasteiger partial charge in [-0.15, -0.1) is 0 Å². The lowest BCUT2D eigenvalue weighted by atomic mass is 9.99. The summed E-state index contributed by atoms with van der Waals surface area (Å²) in [4.78, 5) is 0. The van der Waals surface area contributed by atoms with Gasteiger partial charge >= 0.3 is 0 Å². The summed E-state index contributed by atoms with van der Waals surface area (Å²) in [5.41, 5.74) is 1.20. The molecular formula is C11H21NO. The Kier molecular flexibility index (Phi) is 5.09. The maximum absolute atomic E-state index is 5.60. The molecule has 1 aliphatic rings. The zero-order valence-electron chi connectivity index (χ0n) is 8.64. The Balaban J connectivity index is 2.01. The highest BCUT2D eigenvalue weighted by atomic mass is 16.5. The van der Waals surface area contributed by atoms with E-state index in [0.717, 1.165) is 38.6 Å². The van der Waals surface area contributed by atoms with Crippen molar-refractivity contribution in [2.45, 2.75) is 26.2 Å². The Morgan fingerprint density at radius 1 is 1.46 bits per heavy atom. The molecule has 0 spiro atoms. The van der Waals surface area contributed by atoms with Crippen LogP contribution in [0.4, 0.5) is 0 Å². The molecule has 1 saturated heterocycles. The Morgan fingerprint density at radius 2 is 2.15 bits per heavy atom. The van der Waals surface area contributed by atoms with Crippen LogP contribution in [-0.2, 0) is 4.74 Å². The minimum Gasteiger partial charge on any atom is -0.377 e. The highest BCUT2D eigenvalue weighted by Crippen LogP contribution is 2.12. The van der Waals surface area contributed by atoms with E-state index in [1.54, 1.807) is 0 Å². The van der Waals surface area contributed by atoms with Crippen molar-refractivity contribution in [1.82, 2.24) is 5.32 Å². The zero-order valence-corrected chi connectivity index (χ0v) is 8.64. The predicted octanol–water partition coefficient (Wildman–Crippen LogP) is 1.97. The molecule has 0 aromatic heterocycles. The van der Waals surface area contributed by atoms with E-state index in [0.29, 0.717) is 0 Å². The number of rotatable bonds is 5. The highest BCUT2D eigenvalue weighted by Gasteiger charge is 2.12. The van der Waals surface area contributed by atoms with Crippen molar-refractivity contribution in [2.75, 3.05) is 26.3 Å². The van der Waals surface area contributed by atoms with Gasteiger partial charge < -0.3 is 10.1 Å². The first-order chi connectivity index (χ1) is 6.33. The molecule has 1 heterocycles. The predicted molar refractivity (Wildman–Crippen MR) is 55.8 cm³/mol. The van der Waals surface area contributed by atoms with Gasteiger partial charge in [0.25, 0.3) is 0 Å². The minimum atomic E-state index is 0.750. The first-order valence-electron chi connectivity index (χ1n) is 5.28. The maximum atomic E-state index is 5.60. The van der Waals surface area contributed by atoms with Crippen molar-refractivity contribution >= 4 is 0 Å².